The van der Waals surface area contributed by atoms with E-state index >= 15 is 0 Å². The summed E-state index contributed by atoms with van der Waals surface area (Å²) in [5.41, 5.74) is 3.90. The van der Waals surface area contributed by atoms with Gasteiger partial charge in [0.05, 0.1) is 0 Å². The minimum absolute atomic E-state index is 0.0919. The Morgan fingerprint density at radius 2 is 1.65 bits per heavy atom. The number of carbonyl (C=O) groups is 1. The smallest absolute Gasteiger partial charge is 0.193 e. The van der Waals surface area contributed by atoms with Crippen molar-refractivity contribution in [3.05, 3.63) is 95.1 Å². The second-order valence-corrected chi connectivity index (χ2v) is 5.06. The van der Waals surface area contributed by atoms with Crippen molar-refractivity contribution in [3.8, 4) is 0 Å². The average molecular weight is 260 g/mol. The van der Waals surface area contributed by atoms with Crippen molar-refractivity contribution in [2.45, 2.75) is 12.8 Å². The van der Waals surface area contributed by atoms with Crippen LogP contribution in [0.4, 0.5) is 0 Å². The maximum Gasteiger partial charge on any atom is 0.193 e. The van der Waals surface area contributed by atoms with Gasteiger partial charge in [-0.1, -0.05) is 78.4 Å². The van der Waals surface area contributed by atoms with Gasteiger partial charge in [-0.25, -0.2) is 0 Å². The van der Waals surface area contributed by atoms with Gasteiger partial charge in [-0.2, -0.15) is 0 Å². The van der Waals surface area contributed by atoms with Gasteiger partial charge >= 0.3 is 0 Å². The van der Waals surface area contributed by atoms with E-state index in [1.54, 1.807) is 0 Å². The van der Waals surface area contributed by atoms with E-state index in [2.05, 4.69) is 25.2 Å². The standard InChI is InChI=1S/C19H16O/c1-14-8-7-13-16(14)17-11-5-6-12-18(17)19(20)15-9-3-2-4-10-15/h2-13,16H,1H3. The summed E-state index contributed by atoms with van der Waals surface area (Å²) in [7, 11) is 0. The molecule has 0 amide bonds. The van der Waals surface area contributed by atoms with E-state index in [1.807, 2.05) is 54.6 Å². The van der Waals surface area contributed by atoms with Crippen LogP contribution in [0.15, 0.2) is 78.4 Å². The predicted molar refractivity (Wildman–Crippen MR) is 82.0 cm³/mol. The summed E-state index contributed by atoms with van der Waals surface area (Å²) in [6.45, 7) is 2.11. The molecule has 0 heterocycles. The normalized spacial score (nSPS) is 17.1. The lowest BCUT2D eigenvalue weighted by atomic mass is 9.88. The summed E-state index contributed by atoms with van der Waals surface area (Å²) in [6, 6.07) is 17.4. The molecule has 1 aliphatic carbocycles. The molecule has 98 valence electrons. The van der Waals surface area contributed by atoms with Gasteiger partial charge in [0.1, 0.15) is 0 Å². The van der Waals surface area contributed by atoms with Crippen LogP contribution in [0.3, 0.4) is 0 Å². The zero-order valence-corrected chi connectivity index (χ0v) is 11.4. The highest BCUT2D eigenvalue weighted by molar-refractivity contribution is 6.10. The Balaban J connectivity index is 2.05. The molecule has 0 bridgehead atoms. The van der Waals surface area contributed by atoms with Gasteiger partial charge in [0, 0.05) is 17.0 Å². The Labute approximate surface area is 119 Å². The van der Waals surface area contributed by atoms with Gasteiger partial charge < -0.3 is 0 Å². The van der Waals surface area contributed by atoms with Crippen molar-refractivity contribution in [1.29, 1.82) is 0 Å². The molecule has 0 spiro atoms. The molecule has 0 saturated heterocycles. The molecule has 1 unspecified atom stereocenters. The summed E-state index contributed by atoms with van der Waals surface area (Å²) in [5, 5.41) is 0. The van der Waals surface area contributed by atoms with Gasteiger partial charge in [-0.3, -0.25) is 4.79 Å². The van der Waals surface area contributed by atoms with Crippen LogP contribution in [0.2, 0.25) is 0 Å². The topological polar surface area (TPSA) is 17.1 Å². The molecule has 1 nitrogen and oxygen atoms in total. The fourth-order valence-corrected chi connectivity index (χ4v) is 2.64. The van der Waals surface area contributed by atoms with Crippen LogP contribution in [0.25, 0.3) is 0 Å². The number of benzene rings is 2. The van der Waals surface area contributed by atoms with Crippen molar-refractivity contribution in [2.75, 3.05) is 0 Å². The number of hydrogen-bond acceptors (Lipinski definition) is 1. The molecule has 20 heavy (non-hydrogen) atoms. The number of allylic oxidation sites excluding steroid dienone is 4. The summed E-state index contributed by atoms with van der Waals surface area (Å²) in [5.74, 6) is 0.313. The Morgan fingerprint density at radius 3 is 2.35 bits per heavy atom. The molecule has 0 fully saturated rings. The molecule has 0 saturated carbocycles. The first-order valence-electron chi connectivity index (χ1n) is 6.81. The fraction of sp³-hybridized carbons (Fsp3) is 0.105. The predicted octanol–water partition coefficient (Wildman–Crippen LogP) is 4.52. The monoisotopic (exact) mass is 260 g/mol. The summed E-state index contributed by atoms with van der Waals surface area (Å²) in [6.07, 6.45) is 6.31. The highest BCUT2D eigenvalue weighted by Gasteiger charge is 2.20. The van der Waals surface area contributed by atoms with Gasteiger partial charge in [0.2, 0.25) is 0 Å². The van der Waals surface area contributed by atoms with E-state index in [-0.39, 0.29) is 11.7 Å². The first kappa shape index (κ1) is 12.6. The summed E-state index contributed by atoms with van der Waals surface area (Å²) < 4.78 is 0. The molecular formula is C19H16O. The molecule has 0 radical (unpaired) electrons. The molecule has 0 aliphatic heterocycles. The highest BCUT2D eigenvalue weighted by Crippen LogP contribution is 2.32. The zero-order chi connectivity index (χ0) is 13.9. The van der Waals surface area contributed by atoms with Crippen molar-refractivity contribution in [2.24, 2.45) is 0 Å². The van der Waals surface area contributed by atoms with Gasteiger partial charge in [-0.05, 0) is 12.5 Å². The maximum absolute atomic E-state index is 12.7. The second kappa shape index (κ2) is 5.30. The lowest BCUT2D eigenvalue weighted by Gasteiger charge is -2.15. The maximum atomic E-state index is 12.7. The van der Waals surface area contributed by atoms with Crippen LogP contribution >= 0.6 is 0 Å². The largest absolute Gasteiger partial charge is 0.289 e. The summed E-state index contributed by atoms with van der Waals surface area (Å²) >= 11 is 0. The van der Waals surface area contributed by atoms with Crippen LogP contribution in [-0.2, 0) is 0 Å². The number of ketones is 1. The quantitative estimate of drug-likeness (QED) is 0.742. The zero-order valence-electron chi connectivity index (χ0n) is 11.4. The van der Waals surface area contributed by atoms with Crippen molar-refractivity contribution >= 4 is 5.78 Å². The first-order chi connectivity index (χ1) is 9.77. The highest BCUT2D eigenvalue weighted by atomic mass is 16.1. The average Bonchev–Trinajstić information content (AvgIpc) is 2.93. The van der Waals surface area contributed by atoms with Crippen LogP contribution in [-0.4, -0.2) is 5.78 Å². The van der Waals surface area contributed by atoms with Crippen molar-refractivity contribution in [3.63, 3.8) is 0 Å². The van der Waals surface area contributed by atoms with E-state index in [9.17, 15) is 4.79 Å². The van der Waals surface area contributed by atoms with E-state index < -0.39 is 0 Å². The van der Waals surface area contributed by atoms with E-state index in [1.165, 1.54) is 5.57 Å². The van der Waals surface area contributed by atoms with E-state index in [0.29, 0.717) is 0 Å². The minimum atomic E-state index is 0.0919. The first-order valence-corrected chi connectivity index (χ1v) is 6.81. The van der Waals surface area contributed by atoms with Crippen LogP contribution < -0.4 is 0 Å². The second-order valence-electron chi connectivity index (χ2n) is 5.06. The Bertz CT molecular complexity index is 693. The SMILES string of the molecule is CC1=CC=CC1c1ccccc1C(=O)c1ccccc1. The fourth-order valence-electron chi connectivity index (χ4n) is 2.64. The molecule has 1 aliphatic rings. The lowest BCUT2D eigenvalue weighted by molar-refractivity contribution is 0.103. The summed E-state index contributed by atoms with van der Waals surface area (Å²) in [4.78, 5) is 12.7. The third-order valence-electron chi connectivity index (χ3n) is 3.73. The van der Waals surface area contributed by atoms with Crippen LogP contribution in [0.1, 0.15) is 34.3 Å². The Morgan fingerprint density at radius 1 is 0.950 bits per heavy atom. The third kappa shape index (κ3) is 2.23. The van der Waals surface area contributed by atoms with Gasteiger partial charge in [0.25, 0.3) is 0 Å². The molecule has 1 heteroatoms. The van der Waals surface area contributed by atoms with E-state index in [4.69, 9.17) is 0 Å². The number of rotatable bonds is 3. The number of carbonyl (C=O) groups excluding carboxylic acids is 1. The molecule has 2 aromatic rings. The molecule has 1 atom stereocenters. The van der Waals surface area contributed by atoms with Crippen molar-refractivity contribution < 1.29 is 4.79 Å². The lowest BCUT2D eigenvalue weighted by Crippen LogP contribution is -2.08. The number of hydrogen-bond donors (Lipinski definition) is 0. The van der Waals surface area contributed by atoms with Crippen LogP contribution in [0.5, 0.6) is 0 Å². The van der Waals surface area contributed by atoms with Gasteiger partial charge in [0.15, 0.2) is 5.78 Å². The Kier molecular flexibility index (Phi) is 3.34. The van der Waals surface area contributed by atoms with E-state index in [0.717, 1.165) is 16.7 Å². The molecule has 2 aromatic carbocycles. The van der Waals surface area contributed by atoms with Gasteiger partial charge in [-0.15, -0.1) is 0 Å². The minimum Gasteiger partial charge on any atom is -0.289 e. The molecule has 3 rings (SSSR count). The molecular weight excluding hydrogens is 244 g/mol. The third-order valence-corrected chi connectivity index (χ3v) is 3.73. The Hall–Kier alpha value is -2.41. The van der Waals surface area contributed by atoms with Crippen LogP contribution in [0, 0.1) is 0 Å². The molecule has 0 N–H and O–H groups in total. The molecule has 0 aromatic heterocycles. The van der Waals surface area contributed by atoms with Crippen molar-refractivity contribution in [1.82, 2.24) is 0 Å².